The summed E-state index contributed by atoms with van der Waals surface area (Å²) in [5.41, 5.74) is 7.49. The zero-order valence-corrected chi connectivity index (χ0v) is 9.45. The van der Waals surface area contributed by atoms with Gasteiger partial charge in [0, 0.05) is 24.6 Å². The lowest BCUT2D eigenvalue weighted by Gasteiger charge is -2.06. The number of thiocarbonyl (C=S) groups is 1. The maximum Gasteiger partial charge on any atom is 0.168 e. The van der Waals surface area contributed by atoms with E-state index in [4.69, 9.17) is 18.0 Å². The molecule has 5 heteroatoms. The molecular formula is C11H12N4S. The van der Waals surface area contributed by atoms with Crippen LogP contribution in [-0.4, -0.2) is 14.7 Å². The van der Waals surface area contributed by atoms with Crippen LogP contribution in [0.3, 0.4) is 0 Å². The molecule has 0 saturated carbocycles. The molecule has 1 aromatic carbocycles. The van der Waals surface area contributed by atoms with Gasteiger partial charge in [-0.3, -0.25) is 0 Å². The Hall–Kier alpha value is -1.88. The van der Waals surface area contributed by atoms with Gasteiger partial charge in [-0.2, -0.15) is 0 Å². The molecule has 3 N–H and O–H groups in total. The predicted molar refractivity (Wildman–Crippen MR) is 68.2 cm³/mol. The summed E-state index contributed by atoms with van der Waals surface area (Å²) in [7, 11) is 0. The van der Waals surface area contributed by atoms with Gasteiger partial charge in [-0.15, -0.1) is 0 Å². The van der Waals surface area contributed by atoms with Crippen LogP contribution in [0.25, 0.3) is 0 Å². The average molecular weight is 232 g/mol. The van der Waals surface area contributed by atoms with Crippen molar-refractivity contribution in [3.8, 4) is 0 Å². The molecule has 2 rings (SSSR count). The Balaban J connectivity index is 2.05. The zero-order chi connectivity index (χ0) is 11.4. The Kier molecular flexibility index (Phi) is 3.16. The van der Waals surface area contributed by atoms with E-state index in [-0.39, 0.29) is 5.11 Å². The Labute approximate surface area is 99.1 Å². The molecule has 4 nitrogen and oxygen atoms in total. The molecule has 1 aromatic heterocycles. The largest absolute Gasteiger partial charge is 0.376 e. The lowest BCUT2D eigenvalue weighted by molar-refractivity contribution is 0.797. The lowest BCUT2D eigenvalue weighted by Crippen LogP contribution is -2.18. The minimum absolute atomic E-state index is 0.280. The summed E-state index contributed by atoms with van der Waals surface area (Å²) in [5.74, 6) is 0. The van der Waals surface area contributed by atoms with Crippen molar-refractivity contribution in [2.24, 2.45) is 5.73 Å². The van der Waals surface area contributed by atoms with Gasteiger partial charge in [0.25, 0.3) is 0 Å². The fourth-order valence-corrected chi connectivity index (χ4v) is 1.54. The number of rotatable bonds is 3. The van der Waals surface area contributed by atoms with E-state index in [9.17, 15) is 0 Å². The normalized spacial score (nSPS) is 10.0. The molecule has 82 valence electrons. The molecule has 0 spiro atoms. The number of nitrogens with zero attached hydrogens (tertiary/aromatic N) is 2. The van der Waals surface area contributed by atoms with Crippen LogP contribution in [-0.2, 0) is 6.54 Å². The molecule has 0 unspecified atom stereocenters. The molecule has 0 atom stereocenters. The van der Waals surface area contributed by atoms with E-state index in [1.807, 2.05) is 35.0 Å². The van der Waals surface area contributed by atoms with Gasteiger partial charge in [-0.25, -0.2) is 4.98 Å². The third-order valence-corrected chi connectivity index (χ3v) is 2.25. The van der Waals surface area contributed by atoms with E-state index < -0.39 is 0 Å². The van der Waals surface area contributed by atoms with Crippen LogP contribution in [0, 0.1) is 0 Å². The van der Waals surface area contributed by atoms with Crippen LogP contribution >= 0.6 is 12.2 Å². The molecule has 0 radical (unpaired) electrons. The standard InChI is InChI=1S/C11H12N4S/c12-11(16)14-10-3-1-9(2-4-10)7-15-6-5-13-8-15/h1-6,8H,7H2,(H3,12,14,16). The second-order valence-corrected chi connectivity index (χ2v) is 3.86. The first-order chi connectivity index (χ1) is 7.74. The van der Waals surface area contributed by atoms with Gasteiger partial charge in [0.05, 0.1) is 6.33 Å². The summed E-state index contributed by atoms with van der Waals surface area (Å²) < 4.78 is 2.01. The summed E-state index contributed by atoms with van der Waals surface area (Å²) in [6, 6.07) is 7.96. The monoisotopic (exact) mass is 232 g/mol. The third-order valence-electron chi connectivity index (χ3n) is 2.15. The summed E-state index contributed by atoms with van der Waals surface area (Å²) in [4.78, 5) is 3.99. The Morgan fingerprint density at radius 3 is 2.69 bits per heavy atom. The highest BCUT2D eigenvalue weighted by atomic mass is 32.1. The number of nitrogens with two attached hydrogens (primary N) is 1. The van der Waals surface area contributed by atoms with Crippen molar-refractivity contribution in [3.63, 3.8) is 0 Å². The Bertz CT molecular complexity index is 461. The molecule has 0 aliphatic heterocycles. The van der Waals surface area contributed by atoms with Crippen LogP contribution in [0.5, 0.6) is 0 Å². The highest BCUT2D eigenvalue weighted by Gasteiger charge is 1.96. The van der Waals surface area contributed by atoms with Crippen molar-refractivity contribution in [2.45, 2.75) is 6.54 Å². The first kappa shape index (κ1) is 10.6. The highest BCUT2D eigenvalue weighted by molar-refractivity contribution is 7.80. The van der Waals surface area contributed by atoms with Gasteiger partial charge in [0.1, 0.15) is 0 Å². The average Bonchev–Trinajstić information content (AvgIpc) is 2.73. The third kappa shape index (κ3) is 2.80. The van der Waals surface area contributed by atoms with Crippen molar-refractivity contribution in [2.75, 3.05) is 5.32 Å². The number of nitrogens with one attached hydrogen (secondary N) is 1. The second kappa shape index (κ2) is 4.76. The summed E-state index contributed by atoms with van der Waals surface area (Å²) in [6.07, 6.45) is 5.49. The van der Waals surface area contributed by atoms with Crippen molar-refractivity contribution in [3.05, 3.63) is 48.5 Å². The molecule has 0 bridgehead atoms. The van der Waals surface area contributed by atoms with Crippen molar-refractivity contribution in [1.29, 1.82) is 0 Å². The Morgan fingerprint density at radius 2 is 2.12 bits per heavy atom. The van der Waals surface area contributed by atoms with Crippen molar-refractivity contribution >= 4 is 23.0 Å². The predicted octanol–water partition coefficient (Wildman–Crippen LogP) is 1.59. The molecule has 16 heavy (non-hydrogen) atoms. The first-order valence-corrected chi connectivity index (χ1v) is 5.26. The van der Waals surface area contributed by atoms with Crippen LogP contribution in [0.1, 0.15) is 5.56 Å². The summed E-state index contributed by atoms with van der Waals surface area (Å²) >= 11 is 4.76. The fourth-order valence-electron chi connectivity index (χ4n) is 1.43. The Morgan fingerprint density at radius 1 is 1.38 bits per heavy atom. The van der Waals surface area contributed by atoms with Crippen LogP contribution < -0.4 is 11.1 Å². The van der Waals surface area contributed by atoms with Gasteiger partial charge < -0.3 is 15.6 Å². The van der Waals surface area contributed by atoms with Gasteiger partial charge >= 0.3 is 0 Å². The van der Waals surface area contributed by atoms with Crippen LogP contribution in [0.2, 0.25) is 0 Å². The molecule has 0 amide bonds. The highest BCUT2D eigenvalue weighted by Crippen LogP contribution is 2.10. The molecule has 2 aromatic rings. The lowest BCUT2D eigenvalue weighted by atomic mass is 10.2. The van der Waals surface area contributed by atoms with E-state index in [0.717, 1.165) is 12.2 Å². The molecule has 0 saturated heterocycles. The molecule has 0 aliphatic carbocycles. The van der Waals surface area contributed by atoms with E-state index in [1.54, 1.807) is 12.5 Å². The quantitative estimate of drug-likeness (QED) is 0.789. The number of hydrogen-bond donors (Lipinski definition) is 2. The van der Waals surface area contributed by atoms with Crippen LogP contribution in [0.4, 0.5) is 5.69 Å². The molecule has 0 fully saturated rings. The van der Waals surface area contributed by atoms with Gasteiger partial charge in [-0.1, -0.05) is 12.1 Å². The summed E-state index contributed by atoms with van der Waals surface area (Å²) in [6.45, 7) is 0.813. The van der Waals surface area contributed by atoms with Crippen LogP contribution in [0.15, 0.2) is 43.0 Å². The SMILES string of the molecule is NC(=S)Nc1ccc(Cn2ccnc2)cc1. The molecule has 0 aliphatic rings. The number of benzene rings is 1. The van der Waals surface area contributed by atoms with E-state index in [2.05, 4.69) is 10.3 Å². The number of anilines is 1. The fraction of sp³-hybridized carbons (Fsp3) is 0.0909. The molecular weight excluding hydrogens is 220 g/mol. The van der Waals surface area contributed by atoms with Gasteiger partial charge in [0.15, 0.2) is 5.11 Å². The molecule has 1 heterocycles. The maximum absolute atomic E-state index is 5.38. The van der Waals surface area contributed by atoms with Gasteiger partial charge in [0.2, 0.25) is 0 Å². The van der Waals surface area contributed by atoms with E-state index >= 15 is 0 Å². The first-order valence-electron chi connectivity index (χ1n) is 4.85. The van der Waals surface area contributed by atoms with Gasteiger partial charge in [-0.05, 0) is 29.9 Å². The smallest absolute Gasteiger partial charge is 0.168 e. The van der Waals surface area contributed by atoms with E-state index in [1.165, 1.54) is 5.56 Å². The topological polar surface area (TPSA) is 55.9 Å². The minimum atomic E-state index is 0.280. The maximum atomic E-state index is 5.38. The number of hydrogen-bond acceptors (Lipinski definition) is 2. The summed E-state index contributed by atoms with van der Waals surface area (Å²) in [5, 5.41) is 3.16. The van der Waals surface area contributed by atoms with E-state index in [0.29, 0.717) is 0 Å². The zero-order valence-electron chi connectivity index (χ0n) is 8.63. The van der Waals surface area contributed by atoms with Crippen molar-refractivity contribution < 1.29 is 0 Å². The number of imidazole rings is 1. The van der Waals surface area contributed by atoms with Crippen molar-refractivity contribution in [1.82, 2.24) is 9.55 Å². The second-order valence-electron chi connectivity index (χ2n) is 3.42. The number of aromatic nitrogens is 2. The minimum Gasteiger partial charge on any atom is -0.376 e.